The van der Waals surface area contributed by atoms with Gasteiger partial charge in [0.25, 0.3) is 0 Å². The molecule has 0 aromatic carbocycles. The zero-order valence-electron chi connectivity index (χ0n) is 10.7. The molecule has 2 rings (SSSR count). The van der Waals surface area contributed by atoms with E-state index < -0.39 is 0 Å². The Morgan fingerprint density at radius 1 is 1.35 bits per heavy atom. The van der Waals surface area contributed by atoms with Crippen molar-refractivity contribution in [3.63, 3.8) is 0 Å². The van der Waals surface area contributed by atoms with Crippen molar-refractivity contribution in [3.05, 3.63) is 0 Å². The molecule has 0 radical (unpaired) electrons. The highest BCUT2D eigenvalue weighted by molar-refractivity contribution is 7.99. The van der Waals surface area contributed by atoms with Crippen molar-refractivity contribution in [2.45, 2.75) is 49.5 Å². The normalized spacial score (nSPS) is 30.7. The van der Waals surface area contributed by atoms with Gasteiger partial charge >= 0.3 is 0 Å². The molecule has 17 heavy (non-hydrogen) atoms. The average molecular weight is 259 g/mol. The van der Waals surface area contributed by atoms with Crippen LogP contribution in [0.2, 0.25) is 0 Å². The number of aliphatic hydroxyl groups is 1. The Balaban J connectivity index is 1.53. The summed E-state index contributed by atoms with van der Waals surface area (Å²) in [4.78, 5) is 0. The lowest BCUT2D eigenvalue weighted by atomic mass is 10.2. The molecule has 100 valence electrons. The number of hydrogen-bond acceptors (Lipinski definition) is 4. The highest BCUT2D eigenvalue weighted by Gasteiger charge is 2.26. The molecule has 2 aliphatic carbocycles. The Morgan fingerprint density at radius 2 is 2.18 bits per heavy atom. The summed E-state index contributed by atoms with van der Waals surface area (Å²) >= 11 is 1.95. The van der Waals surface area contributed by atoms with Crippen LogP contribution in [0.15, 0.2) is 0 Å². The average Bonchev–Trinajstić information content (AvgIpc) is 3.03. The fourth-order valence-electron chi connectivity index (χ4n) is 2.44. The van der Waals surface area contributed by atoms with Crippen molar-refractivity contribution < 1.29 is 9.84 Å². The molecule has 3 nitrogen and oxygen atoms in total. The van der Waals surface area contributed by atoms with Gasteiger partial charge in [0.05, 0.1) is 12.7 Å². The van der Waals surface area contributed by atoms with Gasteiger partial charge in [-0.1, -0.05) is 6.42 Å². The molecule has 3 atom stereocenters. The summed E-state index contributed by atoms with van der Waals surface area (Å²) in [5.41, 5.74) is 0. The van der Waals surface area contributed by atoms with Gasteiger partial charge in [-0.15, -0.1) is 0 Å². The molecule has 0 heterocycles. The van der Waals surface area contributed by atoms with E-state index in [1.165, 1.54) is 32.1 Å². The topological polar surface area (TPSA) is 41.5 Å². The third-order valence-corrected chi connectivity index (χ3v) is 4.90. The molecular weight excluding hydrogens is 234 g/mol. The second kappa shape index (κ2) is 6.98. The minimum Gasteiger partial charge on any atom is -0.389 e. The monoisotopic (exact) mass is 259 g/mol. The Kier molecular flexibility index (Phi) is 5.60. The van der Waals surface area contributed by atoms with Crippen LogP contribution >= 0.6 is 11.8 Å². The number of aliphatic hydroxyl groups excluding tert-OH is 1. The first-order valence-corrected chi connectivity index (χ1v) is 8.10. The first kappa shape index (κ1) is 13.7. The van der Waals surface area contributed by atoms with Crippen LogP contribution < -0.4 is 5.32 Å². The number of rotatable bonds is 8. The van der Waals surface area contributed by atoms with E-state index in [1.807, 2.05) is 11.8 Å². The fraction of sp³-hybridized carbons (Fsp3) is 1.00. The number of ether oxygens (including phenoxy) is 1. The second-order valence-electron chi connectivity index (χ2n) is 5.35. The molecule has 3 unspecified atom stereocenters. The maximum atomic E-state index is 9.81. The zero-order valence-corrected chi connectivity index (χ0v) is 11.5. The SMILES string of the molecule is CSC1CCCC1NCC(O)COCC1CC1. The molecule has 0 aromatic heterocycles. The summed E-state index contributed by atoms with van der Waals surface area (Å²) in [7, 11) is 0. The van der Waals surface area contributed by atoms with Crippen LogP contribution in [-0.4, -0.2) is 48.5 Å². The third kappa shape index (κ3) is 4.78. The summed E-state index contributed by atoms with van der Waals surface area (Å²) in [6, 6.07) is 0.586. The van der Waals surface area contributed by atoms with E-state index in [0.717, 1.165) is 17.8 Å². The Bertz CT molecular complexity index is 223. The minimum atomic E-state index is -0.350. The van der Waals surface area contributed by atoms with Crippen molar-refractivity contribution in [1.82, 2.24) is 5.32 Å². The molecule has 0 saturated heterocycles. The van der Waals surface area contributed by atoms with Crippen molar-refractivity contribution in [2.75, 3.05) is 26.0 Å². The molecule has 2 saturated carbocycles. The molecule has 0 spiro atoms. The predicted molar refractivity (Wildman–Crippen MR) is 72.5 cm³/mol. The van der Waals surface area contributed by atoms with Crippen molar-refractivity contribution in [3.8, 4) is 0 Å². The van der Waals surface area contributed by atoms with E-state index in [4.69, 9.17) is 4.74 Å². The van der Waals surface area contributed by atoms with E-state index in [0.29, 0.717) is 19.2 Å². The maximum absolute atomic E-state index is 9.81. The first-order chi connectivity index (χ1) is 8.29. The number of thioether (sulfide) groups is 1. The molecule has 2 aliphatic rings. The van der Waals surface area contributed by atoms with E-state index in [9.17, 15) is 5.11 Å². The summed E-state index contributed by atoms with van der Waals surface area (Å²) in [6.45, 7) is 2.00. The Morgan fingerprint density at radius 3 is 2.88 bits per heavy atom. The van der Waals surface area contributed by atoms with Crippen LogP contribution in [0.4, 0.5) is 0 Å². The van der Waals surface area contributed by atoms with E-state index >= 15 is 0 Å². The molecular formula is C13H25NO2S. The van der Waals surface area contributed by atoms with Crippen LogP contribution in [0.5, 0.6) is 0 Å². The van der Waals surface area contributed by atoms with Gasteiger partial charge in [-0.25, -0.2) is 0 Å². The molecule has 2 fully saturated rings. The van der Waals surface area contributed by atoms with Crippen LogP contribution in [-0.2, 0) is 4.74 Å². The van der Waals surface area contributed by atoms with Gasteiger partial charge in [-0.05, 0) is 37.9 Å². The minimum absolute atomic E-state index is 0.350. The first-order valence-electron chi connectivity index (χ1n) is 6.81. The molecule has 0 aromatic rings. The smallest absolute Gasteiger partial charge is 0.0897 e. The fourth-order valence-corrected chi connectivity index (χ4v) is 3.41. The maximum Gasteiger partial charge on any atom is 0.0897 e. The molecule has 0 aliphatic heterocycles. The van der Waals surface area contributed by atoms with Crippen molar-refractivity contribution >= 4 is 11.8 Å². The van der Waals surface area contributed by atoms with Crippen LogP contribution in [0.25, 0.3) is 0 Å². The Hall–Kier alpha value is 0.230. The molecule has 4 heteroatoms. The van der Waals surface area contributed by atoms with Gasteiger partial charge in [0, 0.05) is 24.4 Å². The summed E-state index contributed by atoms with van der Waals surface area (Å²) in [5, 5.41) is 14.0. The Labute approximate surface area is 109 Å². The highest BCUT2D eigenvalue weighted by atomic mass is 32.2. The molecule has 2 N–H and O–H groups in total. The van der Waals surface area contributed by atoms with Crippen LogP contribution in [0.3, 0.4) is 0 Å². The molecule has 0 amide bonds. The zero-order chi connectivity index (χ0) is 12.1. The van der Waals surface area contributed by atoms with Crippen molar-refractivity contribution in [2.24, 2.45) is 5.92 Å². The van der Waals surface area contributed by atoms with Gasteiger partial charge < -0.3 is 15.2 Å². The van der Waals surface area contributed by atoms with Crippen LogP contribution in [0.1, 0.15) is 32.1 Å². The lowest BCUT2D eigenvalue weighted by Gasteiger charge is -2.21. The third-order valence-electron chi connectivity index (χ3n) is 3.73. The van der Waals surface area contributed by atoms with E-state index in [1.54, 1.807) is 0 Å². The van der Waals surface area contributed by atoms with Gasteiger partial charge in [-0.3, -0.25) is 0 Å². The number of nitrogens with one attached hydrogen (secondary N) is 1. The van der Waals surface area contributed by atoms with Gasteiger partial charge in [0.1, 0.15) is 0 Å². The van der Waals surface area contributed by atoms with Gasteiger partial charge in [0.15, 0.2) is 0 Å². The second-order valence-corrected chi connectivity index (χ2v) is 6.43. The highest BCUT2D eigenvalue weighted by Crippen LogP contribution is 2.29. The van der Waals surface area contributed by atoms with Crippen LogP contribution in [0, 0.1) is 5.92 Å². The van der Waals surface area contributed by atoms with Gasteiger partial charge in [0.2, 0.25) is 0 Å². The lowest BCUT2D eigenvalue weighted by molar-refractivity contribution is 0.0314. The summed E-state index contributed by atoms with van der Waals surface area (Å²) < 4.78 is 5.49. The van der Waals surface area contributed by atoms with E-state index in [-0.39, 0.29) is 6.10 Å². The van der Waals surface area contributed by atoms with Gasteiger partial charge in [-0.2, -0.15) is 11.8 Å². The summed E-state index contributed by atoms with van der Waals surface area (Å²) in [6.07, 6.45) is 8.33. The predicted octanol–water partition coefficient (Wildman–Crippen LogP) is 1.65. The lowest BCUT2D eigenvalue weighted by Crippen LogP contribution is -2.40. The number of hydrogen-bond donors (Lipinski definition) is 2. The quantitative estimate of drug-likeness (QED) is 0.695. The summed E-state index contributed by atoms with van der Waals surface area (Å²) in [5.74, 6) is 0.783. The molecule has 0 bridgehead atoms. The van der Waals surface area contributed by atoms with Crippen molar-refractivity contribution in [1.29, 1.82) is 0 Å². The van der Waals surface area contributed by atoms with E-state index in [2.05, 4.69) is 11.6 Å². The standard InChI is InChI=1S/C13H25NO2S/c1-17-13-4-2-3-12(13)14-7-11(15)9-16-8-10-5-6-10/h10-15H,2-9H2,1H3. The largest absolute Gasteiger partial charge is 0.389 e.